The first-order chi connectivity index (χ1) is 13.0. The quantitative estimate of drug-likeness (QED) is 0.883. The maximum Gasteiger partial charge on any atom is 0.433 e. The van der Waals surface area contributed by atoms with Gasteiger partial charge in [-0.2, -0.15) is 13.2 Å². The monoisotopic (exact) mass is 380 g/mol. The van der Waals surface area contributed by atoms with E-state index in [1.54, 1.807) is 0 Å². The van der Waals surface area contributed by atoms with Gasteiger partial charge >= 0.3 is 6.18 Å². The van der Waals surface area contributed by atoms with Crippen molar-refractivity contribution in [2.24, 2.45) is 0 Å². The van der Waals surface area contributed by atoms with Crippen molar-refractivity contribution < 1.29 is 13.2 Å². The van der Waals surface area contributed by atoms with Gasteiger partial charge in [-0.15, -0.1) is 0 Å². The summed E-state index contributed by atoms with van der Waals surface area (Å²) in [6.07, 6.45) is 3.89. The number of halogens is 3. The van der Waals surface area contributed by atoms with Gasteiger partial charge in [0.1, 0.15) is 23.7 Å². The smallest absolute Gasteiger partial charge is 0.367 e. The summed E-state index contributed by atoms with van der Waals surface area (Å²) in [6.45, 7) is 3.67. The van der Waals surface area contributed by atoms with E-state index in [1.807, 2.05) is 0 Å². The third kappa shape index (κ3) is 4.40. The minimum absolute atomic E-state index is 0.118. The van der Waals surface area contributed by atoms with Gasteiger partial charge in [-0.25, -0.2) is 15.0 Å². The van der Waals surface area contributed by atoms with Gasteiger partial charge in [0.25, 0.3) is 0 Å². The van der Waals surface area contributed by atoms with Gasteiger partial charge in [0, 0.05) is 50.9 Å². The van der Waals surface area contributed by atoms with Crippen molar-refractivity contribution in [1.82, 2.24) is 24.4 Å². The molecule has 0 amide bonds. The molecule has 2 aliphatic heterocycles. The van der Waals surface area contributed by atoms with Gasteiger partial charge in [0.05, 0.1) is 5.69 Å². The lowest BCUT2D eigenvalue weighted by Crippen LogP contribution is -2.38. The number of hydrogen-bond donors (Lipinski definition) is 1. The molecule has 27 heavy (non-hydrogen) atoms. The van der Waals surface area contributed by atoms with Crippen LogP contribution in [0.25, 0.3) is 0 Å². The number of piperidine rings is 1. The van der Waals surface area contributed by atoms with Gasteiger partial charge in [0.15, 0.2) is 0 Å². The van der Waals surface area contributed by atoms with Gasteiger partial charge < -0.3 is 9.88 Å². The second-order valence-corrected chi connectivity index (χ2v) is 7.28. The van der Waals surface area contributed by atoms with Crippen LogP contribution in [0.5, 0.6) is 0 Å². The van der Waals surface area contributed by atoms with Crippen LogP contribution < -0.4 is 5.32 Å². The van der Waals surface area contributed by atoms with Crippen molar-refractivity contribution in [2.75, 3.05) is 18.4 Å². The van der Waals surface area contributed by atoms with Crippen LogP contribution in [0.15, 0.2) is 18.6 Å². The molecule has 4 heterocycles. The number of fused-ring (bicyclic) bond motifs is 1. The maximum atomic E-state index is 12.8. The fourth-order valence-corrected chi connectivity index (χ4v) is 3.81. The molecule has 1 fully saturated rings. The zero-order chi connectivity index (χ0) is 18.9. The summed E-state index contributed by atoms with van der Waals surface area (Å²) in [5.41, 5.74) is 0.199. The first kappa shape index (κ1) is 18.2. The highest BCUT2D eigenvalue weighted by molar-refractivity contribution is 5.36. The van der Waals surface area contributed by atoms with Crippen molar-refractivity contribution in [3.05, 3.63) is 35.8 Å². The van der Waals surface area contributed by atoms with Crippen LogP contribution in [-0.4, -0.2) is 43.6 Å². The number of likely N-dealkylation sites (tertiary alicyclic amines) is 1. The molecular weight excluding hydrogens is 357 g/mol. The number of hydrogen-bond acceptors (Lipinski definition) is 5. The van der Waals surface area contributed by atoms with Crippen molar-refractivity contribution in [1.29, 1.82) is 0 Å². The van der Waals surface area contributed by atoms with E-state index in [0.717, 1.165) is 63.5 Å². The summed E-state index contributed by atoms with van der Waals surface area (Å²) >= 11 is 0. The second-order valence-electron chi connectivity index (χ2n) is 7.28. The van der Waals surface area contributed by atoms with E-state index in [9.17, 15) is 13.2 Å². The predicted octanol–water partition coefficient (Wildman–Crippen LogP) is 3.10. The van der Waals surface area contributed by atoms with Crippen molar-refractivity contribution in [3.63, 3.8) is 0 Å². The summed E-state index contributed by atoms with van der Waals surface area (Å²) in [6, 6.07) is 1.09. The standard InChI is InChI=1S/C18H23F3N6/c19-18(20,21)15-9-16(23-12-22-15)24-13-4-7-26(8-5-13)10-14-11-27-6-2-1-3-17(27)25-14/h9,11-13H,1-8,10H2,(H,22,23,24). The first-order valence-corrected chi connectivity index (χ1v) is 9.40. The summed E-state index contributed by atoms with van der Waals surface area (Å²) in [7, 11) is 0. The normalized spacial score (nSPS) is 19.1. The summed E-state index contributed by atoms with van der Waals surface area (Å²) in [5.74, 6) is 1.43. The summed E-state index contributed by atoms with van der Waals surface area (Å²) < 4.78 is 40.5. The topological polar surface area (TPSA) is 58.9 Å². The number of alkyl halides is 3. The molecule has 0 radical (unpaired) electrons. The Morgan fingerprint density at radius 2 is 1.93 bits per heavy atom. The summed E-state index contributed by atoms with van der Waals surface area (Å²) in [5, 5.41) is 3.12. The molecule has 4 rings (SSSR count). The molecule has 0 aromatic carbocycles. The van der Waals surface area contributed by atoms with Gasteiger partial charge in [0.2, 0.25) is 0 Å². The van der Waals surface area contributed by atoms with E-state index in [2.05, 4.69) is 30.9 Å². The molecule has 1 N–H and O–H groups in total. The van der Waals surface area contributed by atoms with E-state index < -0.39 is 11.9 Å². The lowest BCUT2D eigenvalue weighted by Gasteiger charge is -2.32. The Morgan fingerprint density at radius 3 is 2.67 bits per heavy atom. The molecule has 0 saturated carbocycles. The molecule has 2 aromatic heterocycles. The number of aryl methyl sites for hydroxylation is 2. The Morgan fingerprint density at radius 1 is 1.11 bits per heavy atom. The van der Waals surface area contributed by atoms with Crippen LogP contribution in [0.3, 0.4) is 0 Å². The van der Waals surface area contributed by atoms with Crippen molar-refractivity contribution in [2.45, 2.75) is 57.4 Å². The number of aromatic nitrogens is 4. The molecule has 0 unspecified atom stereocenters. The predicted molar refractivity (Wildman–Crippen MR) is 94.1 cm³/mol. The van der Waals surface area contributed by atoms with Gasteiger partial charge in [-0.3, -0.25) is 4.90 Å². The highest BCUT2D eigenvalue weighted by Gasteiger charge is 2.33. The van der Waals surface area contributed by atoms with Gasteiger partial charge in [-0.1, -0.05) is 0 Å². The zero-order valence-corrected chi connectivity index (χ0v) is 15.0. The second kappa shape index (κ2) is 7.46. The molecule has 0 atom stereocenters. The fourth-order valence-electron chi connectivity index (χ4n) is 3.81. The van der Waals surface area contributed by atoms with E-state index >= 15 is 0 Å². The number of nitrogens with zero attached hydrogens (tertiary/aromatic N) is 5. The molecule has 0 spiro atoms. The Hall–Kier alpha value is -2.16. The zero-order valence-electron chi connectivity index (χ0n) is 15.0. The Bertz CT molecular complexity index is 756. The Kier molecular flexibility index (Phi) is 5.03. The van der Waals surface area contributed by atoms with Crippen molar-refractivity contribution in [3.8, 4) is 0 Å². The first-order valence-electron chi connectivity index (χ1n) is 9.40. The molecule has 146 valence electrons. The number of anilines is 1. The molecule has 1 saturated heterocycles. The minimum atomic E-state index is -4.45. The van der Waals surface area contributed by atoms with Crippen LogP contribution in [0.2, 0.25) is 0 Å². The van der Waals surface area contributed by atoms with E-state index in [4.69, 9.17) is 4.98 Å². The molecule has 9 heteroatoms. The average Bonchev–Trinajstić information content (AvgIpc) is 3.05. The number of nitrogens with one attached hydrogen (secondary N) is 1. The number of rotatable bonds is 4. The molecule has 0 aliphatic carbocycles. The van der Waals surface area contributed by atoms with Crippen LogP contribution in [0, 0.1) is 0 Å². The lowest BCUT2D eigenvalue weighted by molar-refractivity contribution is -0.141. The number of imidazole rings is 1. The molecular formula is C18H23F3N6. The van der Waals surface area contributed by atoms with Crippen molar-refractivity contribution >= 4 is 5.82 Å². The maximum absolute atomic E-state index is 12.8. The van der Waals surface area contributed by atoms with Crippen LogP contribution in [0.1, 0.15) is 42.9 Å². The lowest BCUT2D eigenvalue weighted by atomic mass is 10.0. The Labute approximate surface area is 155 Å². The largest absolute Gasteiger partial charge is 0.433 e. The average molecular weight is 380 g/mol. The highest BCUT2D eigenvalue weighted by atomic mass is 19.4. The third-order valence-corrected chi connectivity index (χ3v) is 5.24. The highest BCUT2D eigenvalue weighted by Crippen LogP contribution is 2.28. The van der Waals surface area contributed by atoms with Crippen LogP contribution in [-0.2, 0) is 25.7 Å². The Balaban J connectivity index is 1.30. The SMILES string of the molecule is FC(F)(F)c1cc(NC2CCN(Cc3cn4c(n3)CCCC4)CC2)ncn1. The van der Waals surface area contributed by atoms with Crippen LogP contribution >= 0.6 is 0 Å². The molecule has 6 nitrogen and oxygen atoms in total. The van der Waals surface area contributed by atoms with E-state index in [-0.39, 0.29) is 11.9 Å². The van der Waals surface area contributed by atoms with Gasteiger partial charge in [-0.05, 0) is 25.7 Å². The summed E-state index contributed by atoms with van der Waals surface area (Å²) in [4.78, 5) is 14.3. The third-order valence-electron chi connectivity index (χ3n) is 5.24. The molecule has 2 aliphatic rings. The van der Waals surface area contributed by atoms with E-state index in [0.29, 0.717) is 0 Å². The molecule has 0 bridgehead atoms. The fraction of sp³-hybridized carbons (Fsp3) is 0.611. The molecule has 2 aromatic rings. The van der Waals surface area contributed by atoms with E-state index in [1.165, 1.54) is 18.7 Å². The van der Waals surface area contributed by atoms with Crippen LogP contribution in [0.4, 0.5) is 19.0 Å². The minimum Gasteiger partial charge on any atom is -0.367 e.